The van der Waals surface area contributed by atoms with Crippen LogP contribution in [0.3, 0.4) is 0 Å². The Morgan fingerprint density at radius 1 is 1.47 bits per heavy atom. The Kier molecular flexibility index (Phi) is 3.79. The summed E-state index contributed by atoms with van der Waals surface area (Å²) < 4.78 is 4.96. The van der Waals surface area contributed by atoms with Crippen molar-refractivity contribution in [3.8, 4) is 0 Å². The third kappa shape index (κ3) is 3.04. The number of likely N-dealkylation sites (tertiary alicyclic amines) is 1. The molecule has 1 fully saturated rings. The molecule has 1 saturated heterocycles. The van der Waals surface area contributed by atoms with Gasteiger partial charge in [0.2, 0.25) is 5.89 Å². The molecule has 5 heteroatoms. The maximum absolute atomic E-state index is 4.96. The van der Waals surface area contributed by atoms with Gasteiger partial charge in [-0.2, -0.15) is 4.98 Å². The molecule has 0 saturated carbocycles. The van der Waals surface area contributed by atoms with Crippen LogP contribution in [0.2, 0.25) is 0 Å². The van der Waals surface area contributed by atoms with Crippen LogP contribution in [0, 0.1) is 12.8 Å². The molecule has 2 heterocycles. The van der Waals surface area contributed by atoms with Crippen LogP contribution in [0.1, 0.15) is 32.0 Å². The third-order valence-corrected chi connectivity index (χ3v) is 3.70. The number of rotatable bonds is 3. The number of aromatic nitrogens is 2. The SMILES string of the molecule is Cc1nc(CNC2CC(C)N(C)CC2C)no1. The van der Waals surface area contributed by atoms with Crippen molar-refractivity contribution in [2.75, 3.05) is 13.6 Å². The molecule has 17 heavy (non-hydrogen) atoms. The van der Waals surface area contributed by atoms with E-state index in [0.29, 0.717) is 30.4 Å². The van der Waals surface area contributed by atoms with Crippen LogP contribution in [0.4, 0.5) is 0 Å². The summed E-state index contributed by atoms with van der Waals surface area (Å²) in [6.45, 7) is 8.23. The Labute approximate surface area is 103 Å². The van der Waals surface area contributed by atoms with Crippen molar-refractivity contribution in [3.05, 3.63) is 11.7 Å². The fourth-order valence-electron chi connectivity index (χ4n) is 2.46. The Morgan fingerprint density at radius 2 is 2.24 bits per heavy atom. The molecule has 0 radical (unpaired) electrons. The van der Waals surface area contributed by atoms with E-state index in [9.17, 15) is 0 Å². The molecule has 1 aliphatic rings. The first-order chi connectivity index (χ1) is 8.06. The largest absolute Gasteiger partial charge is 0.340 e. The van der Waals surface area contributed by atoms with Gasteiger partial charge < -0.3 is 14.7 Å². The lowest BCUT2D eigenvalue weighted by Gasteiger charge is -2.39. The molecule has 1 N–H and O–H groups in total. The van der Waals surface area contributed by atoms with Gasteiger partial charge in [-0.15, -0.1) is 0 Å². The summed E-state index contributed by atoms with van der Waals surface area (Å²) in [6, 6.07) is 1.18. The minimum Gasteiger partial charge on any atom is -0.340 e. The molecule has 1 aliphatic heterocycles. The highest BCUT2D eigenvalue weighted by atomic mass is 16.5. The average Bonchev–Trinajstić information content (AvgIpc) is 2.68. The summed E-state index contributed by atoms with van der Waals surface area (Å²) in [5.74, 6) is 2.04. The van der Waals surface area contributed by atoms with E-state index in [-0.39, 0.29) is 0 Å². The summed E-state index contributed by atoms with van der Waals surface area (Å²) in [4.78, 5) is 6.62. The molecular weight excluding hydrogens is 216 g/mol. The van der Waals surface area contributed by atoms with Gasteiger partial charge in [-0.1, -0.05) is 12.1 Å². The predicted molar refractivity (Wildman–Crippen MR) is 65.5 cm³/mol. The van der Waals surface area contributed by atoms with Crippen molar-refractivity contribution in [1.82, 2.24) is 20.4 Å². The zero-order valence-electron chi connectivity index (χ0n) is 11.1. The fourth-order valence-corrected chi connectivity index (χ4v) is 2.46. The Bertz CT molecular complexity index is 365. The van der Waals surface area contributed by atoms with Gasteiger partial charge in [0, 0.05) is 25.6 Å². The average molecular weight is 238 g/mol. The van der Waals surface area contributed by atoms with Gasteiger partial charge >= 0.3 is 0 Å². The zero-order chi connectivity index (χ0) is 12.4. The smallest absolute Gasteiger partial charge is 0.223 e. The van der Waals surface area contributed by atoms with Crippen LogP contribution in [-0.4, -0.2) is 40.7 Å². The van der Waals surface area contributed by atoms with E-state index in [1.165, 1.54) is 6.42 Å². The Hall–Kier alpha value is -0.940. The van der Waals surface area contributed by atoms with Crippen molar-refractivity contribution in [2.45, 2.75) is 45.8 Å². The highest BCUT2D eigenvalue weighted by Crippen LogP contribution is 2.20. The summed E-state index contributed by atoms with van der Waals surface area (Å²) in [7, 11) is 2.19. The van der Waals surface area contributed by atoms with Crippen molar-refractivity contribution >= 4 is 0 Å². The van der Waals surface area contributed by atoms with Crippen LogP contribution in [0.25, 0.3) is 0 Å². The number of nitrogens with one attached hydrogen (secondary N) is 1. The molecule has 0 aliphatic carbocycles. The first kappa shape index (κ1) is 12.5. The van der Waals surface area contributed by atoms with Gasteiger partial charge in [0.05, 0.1) is 6.54 Å². The highest BCUT2D eigenvalue weighted by molar-refractivity contribution is 4.89. The molecule has 0 aromatic carbocycles. The van der Waals surface area contributed by atoms with E-state index in [1.54, 1.807) is 0 Å². The zero-order valence-corrected chi connectivity index (χ0v) is 11.1. The lowest BCUT2D eigenvalue weighted by Crippen LogP contribution is -2.50. The van der Waals surface area contributed by atoms with Crippen molar-refractivity contribution in [3.63, 3.8) is 0 Å². The van der Waals surface area contributed by atoms with Crippen LogP contribution in [-0.2, 0) is 6.54 Å². The van der Waals surface area contributed by atoms with E-state index in [1.807, 2.05) is 6.92 Å². The molecule has 96 valence electrons. The second-order valence-electron chi connectivity index (χ2n) is 5.22. The molecule has 0 spiro atoms. The number of hydrogen-bond acceptors (Lipinski definition) is 5. The number of hydrogen-bond donors (Lipinski definition) is 1. The van der Waals surface area contributed by atoms with Crippen molar-refractivity contribution < 1.29 is 4.52 Å². The van der Waals surface area contributed by atoms with Gasteiger partial charge in [-0.3, -0.25) is 0 Å². The summed E-state index contributed by atoms with van der Waals surface area (Å²) in [5.41, 5.74) is 0. The predicted octanol–water partition coefficient (Wildman–Crippen LogP) is 1.20. The van der Waals surface area contributed by atoms with E-state index in [0.717, 1.165) is 12.4 Å². The van der Waals surface area contributed by atoms with E-state index >= 15 is 0 Å². The molecular formula is C12H22N4O. The van der Waals surface area contributed by atoms with E-state index in [4.69, 9.17) is 4.52 Å². The highest BCUT2D eigenvalue weighted by Gasteiger charge is 2.28. The van der Waals surface area contributed by atoms with E-state index in [2.05, 4.69) is 41.3 Å². The molecule has 0 bridgehead atoms. The van der Waals surface area contributed by atoms with Crippen LogP contribution >= 0.6 is 0 Å². The van der Waals surface area contributed by atoms with Crippen LogP contribution in [0.15, 0.2) is 4.52 Å². The van der Waals surface area contributed by atoms with Gasteiger partial charge in [0.1, 0.15) is 0 Å². The van der Waals surface area contributed by atoms with Gasteiger partial charge in [0.25, 0.3) is 0 Å². The number of aryl methyl sites for hydroxylation is 1. The van der Waals surface area contributed by atoms with Crippen LogP contribution in [0.5, 0.6) is 0 Å². The fraction of sp³-hybridized carbons (Fsp3) is 0.833. The van der Waals surface area contributed by atoms with Gasteiger partial charge in [-0.25, -0.2) is 0 Å². The molecule has 1 aromatic heterocycles. The molecule has 3 atom stereocenters. The molecule has 5 nitrogen and oxygen atoms in total. The van der Waals surface area contributed by atoms with Gasteiger partial charge in [0.15, 0.2) is 5.82 Å². The summed E-state index contributed by atoms with van der Waals surface area (Å²) in [6.07, 6.45) is 1.18. The number of piperidine rings is 1. The minimum atomic E-state index is 0.542. The standard InChI is InChI=1S/C12H22N4O/c1-8-7-16(4)9(2)5-11(8)13-6-12-14-10(3)17-15-12/h8-9,11,13H,5-7H2,1-4H3. The van der Waals surface area contributed by atoms with E-state index < -0.39 is 0 Å². The summed E-state index contributed by atoms with van der Waals surface area (Å²) in [5, 5.41) is 7.44. The first-order valence-electron chi connectivity index (χ1n) is 6.29. The maximum Gasteiger partial charge on any atom is 0.223 e. The Balaban J connectivity index is 1.86. The third-order valence-electron chi connectivity index (χ3n) is 3.70. The molecule has 3 unspecified atom stereocenters. The molecule has 0 amide bonds. The summed E-state index contributed by atoms with van der Waals surface area (Å²) >= 11 is 0. The lowest BCUT2D eigenvalue weighted by atomic mass is 9.90. The Morgan fingerprint density at radius 3 is 2.88 bits per heavy atom. The minimum absolute atomic E-state index is 0.542. The molecule has 2 rings (SSSR count). The number of nitrogens with zero attached hydrogens (tertiary/aromatic N) is 3. The van der Waals surface area contributed by atoms with Crippen molar-refractivity contribution in [2.24, 2.45) is 5.92 Å². The first-order valence-corrected chi connectivity index (χ1v) is 6.29. The van der Waals surface area contributed by atoms with Gasteiger partial charge in [-0.05, 0) is 26.3 Å². The van der Waals surface area contributed by atoms with Crippen LogP contribution < -0.4 is 5.32 Å². The second kappa shape index (κ2) is 5.14. The second-order valence-corrected chi connectivity index (χ2v) is 5.22. The molecule has 1 aromatic rings. The topological polar surface area (TPSA) is 54.2 Å². The maximum atomic E-state index is 4.96. The lowest BCUT2D eigenvalue weighted by molar-refractivity contribution is 0.120. The normalized spacial score (nSPS) is 30.7. The quantitative estimate of drug-likeness (QED) is 0.857. The monoisotopic (exact) mass is 238 g/mol. The van der Waals surface area contributed by atoms with Crippen molar-refractivity contribution in [1.29, 1.82) is 0 Å².